The minimum Gasteiger partial charge on any atom is -0.352 e. The molecule has 60 valence electrons. The molecule has 0 amide bonds. The Morgan fingerprint density at radius 1 is 1.50 bits per heavy atom. The van der Waals surface area contributed by atoms with E-state index in [-0.39, 0.29) is 11.0 Å². The molecule has 0 spiro atoms. The van der Waals surface area contributed by atoms with Crippen LogP contribution in [0.5, 0.6) is 0 Å². The highest BCUT2D eigenvalue weighted by molar-refractivity contribution is 7.16. The summed E-state index contributed by atoms with van der Waals surface area (Å²) in [5.74, 6) is 0. The van der Waals surface area contributed by atoms with Gasteiger partial charge in [-0.3, -0.25) is 9.59 Å². The van der Waals surface area contributed by atoms with E-state index in [0.29, 0.717) is 11.7 Å². The highest BCUT2D eigenvalue weighted by Gasteiger charge is 2.03. The quantitative estimate of drug-likeness (QED) is 0.673. The normalized spacial score (nSPS) is 10.3. The fraction of sp³-hybridized carbons (Fsp3) is 0. The first-order valence-electron chi connectivity index (χ1n) is 3.37. The summed E-state index contributed by atoms with van der Waals surface area (Å²) in [6, 6.07) is 1.71. The van der Waals surface area contributed by atoms with Crippen LogP contribution in [0.3, 0.4) is 0 Å². The number of aromatic amines is 1. The maximum Gasteiger partial charge on any atom is 0.200 e. The highest BCUT2D eigenvalue weighted by atomic mass is 32.1. The van der Waals surface area contributed by atoms with Crippen molar-refractivity contribution >= 4 is 27.8 Å². The predicted molar refractivity (Wildman–Crippen MR) is 47.8 cm³/mol. The number of carbonyl (C=O) groups is 1. The Morgan fingerprint density at radius 2 is 2.33 bits per heavy atom. The molecule has 2 aromatic rings. The lowest BCUT2D eigenvalue weighted by Crippen LogP contribution is -2.07. The molecule has 0 bridgehead atoms. The number of aldehydes is 1. The van der Waals surface area contributed by atoms with E-state index in [1.54, 1.807) is 6.07 Å². The number of hydrogen-bond acceptors (Lipinski definition) is 3. The number of pyridine rings is 1. The van der Waals surface area contributed by atoms with E-state index in [2.05, 4.69) is 4.98 Å². The zero-order valence-electron chi connectivity index (χ0n) is 6.03. The molecule has 0 saturated carbocycles. The molecule has 12 heavy (non-hydrogen) atoms. The molecule has 3 nitrogen and oxygen atoms in total. The third-order valence-electron chi connectivity index (χ3n) is 1.66. The van der Waals surface area contributed by atoms with Gasteiger partial charge in [0.2, 0.25) is 5.43 Å². The molecule has 1 N–H and O–H groups in total. The van der Waals surface area contributed by atoms with Crippen molar-refractivity contribution in [2.24, 2.45) is 0 Å². The summed E-state index contributed by atoms with van der Waals surface area (Å²) in [4.78, 5) is 25.4. The van der Waals surface area contributed by atoms with E-state index in [1.807, 2.05) is 5.38 Å². The Bertz CT molecular complexity index is 483. The number of carbonyl (C=O) groups excluding carboxylic acids is 1. The van der Waals surface area contributed by atoms with Crippen LogP contribution in [0.15, 0.2) is 22.4 Å². The molecule has 0 radical (unpaired) electrons. The van der Waals surface area contributed by atoms with Crippen LogP contribution in [0.4, 0.5) is 0 Å². The monoisotopic (exact) mass is 179 g/mol. The first-order valence-corrected chi connectivity index (χ1v) is 4.25. The van der Waals surface area contributed by atoms with Gasteiger partial charge in [0.25, 0.3) is 0 Å². The molecule has 0 aliphatic rings. The van der Waals surface area contributed by atoms with Crippen LogP contribution in [0, 0.1) is 0 Å². The van der Waals surface area contributed by atoms with E-state index >= 15 is 0 Å². The number of hydrogen-bond donors (Lipinski definition) is 1. The van der Waals surface area contributed by atoms with Gasteiger partial charge in [0.1, 0.15) is 4.83 Å². The van der Waals surface area contributed by atoms with Gasteiger partial charge in [0, 0.05) is 6.20 Å². The molecule has 4 heteroatoms. The smallest absolute Gasteiger partial charge is 0.200 e. The van der Waals surface area contributed by atoms with E-state index in [0.717, 1.165) is 4.83 Å². The first kappa shape index (κ1) is 7.24. The van der Waals surface area contributed by atoms with Gasteiger partial charge in [0.15, 0.2) is 6.29 Å². The fourth-order valence-electron chi connectivity index (χ4n) is 1.05. The lowest BCUT2D eigenvalue weighted by Gasteiger charge is -1.89. The van der Waals surface area contributed by atoms with Crippen molar-refractivity contribution in [2.45, 2.75) is 0 Å². The van der Waals surface area contributed by atoms with E-state index < -0.39 is 0 Å². The first-order chi connectivity index (χ1) is 5.83. The Kier molecular flexibility index (Phi) is 1.55. The summed E-state index contributed by atoms with van der Waals surface area (Å²) in [6.07, 6.45) is 2.00. The number of aromatic nitrogens is 1. The molecular weight excluding hydrogens is 174 g/mol. The largest absolute Gasteiger partial charge is 0.352 e. The van der Waals surface area contributed by atoms with Gasteiger partial charge in [-0.2, -0.15) is 0 Å². The average Bonchev–Trinajstić information content (AvgIpc) is 2.53. The summed E-state index contributed by atoms with van der Waals surface area (Å²) < 4.78 is 0. The van der Waals surface area contributed by atoms with Crippen molar-refractivity contribution in [1.29, 1.82) is 0 Å². The average molecular weight is 179 g/mol. The van der Waals surface area contributed by atoms with Gasteiger partial charge in [-0.05, 0) is 11.4 Å². The second-order valence-corrected chi connectivity index (χ2v) is 3.27. The Labute approximate surface area is 71.7 Å². The third-order valence-corrected chi connectivity index (χ3v) is 2.50. The maximum atomic E-state index is 11.4. The van der Waals surface area contributed by atoms with E-state index in [9.17, 15) is 9.59 Å². The van der Waals surface area contributed by atoms with Crippen LogP contribution in [-0.4, -0.2) is 11.3 Å². The van der Waals surface area contributed by atoms with Gasteiger partial charge in [-0.25, -0.2) is 0 Å². The van der Waals surface area contributed by atoms with Gasteiger partial charge in [0.05, 0.1) is 10.9 Å². The molecular formula is C8H5NO2S. The van der Waals surface area contributed by atoms with Gasteiger partial charge in [-0.15, -0.1) is 11.3 Å². The lowest BCUT2D eigenvalue weighted by molar-refractivity contribution is 0.112. The summed E-state index contributed by atoms with van der Waals surface area (Å²) in [6.45, 7) is 0. The second kappa shape index (κ2) is 2.57. The third kappa shape index (κ3) is 0.887. The predicted octanol–water partition coefficient (Wildman–Crippen LogP) is 1.40. The topological polar surface area (TPSA) is 49.9 Å². The van der Waals surface area contributed by atoms with Crippen LogP contribution >= 0.6 is 11.3 Å². The molecule has 0 aliphatic heterocycles. The van der Waals surface area contributed by atoms with Crippen molar-refractivity contribution in [1.82, 2.24) is 4.98 Å². The minimum absolute atomic E-state index is 0.181. The van der Waals surface area contributed by atoms with Crippen LogP contribution in [0.1, 0.15) is 10.4 Å². The lowest BCUT2D eigenvalue weighted by atomic mass is 10.2. The zero-order chi connectivity index (χ0) is 8.55. The number of fused-ring (bicyclic) bond motifs is 1. The molecule has 2 heterocycles. The van der Waals surface area contributed by atoms with Gasteiger partial charge >= 0.3 is 0 Å². The summed E-state index contributed by atoms with van der Waals surface area (Å²) in [5.41, 5.74) is -0.0131. The number of H-pyrrole nitrogens is 1. The Hall–Kier alpha value is -1.42. The number of rotatable bonds is 1. The van der Waals surface area contributed by atoms with Crippen molar-refractivity contribution < 1.29 is 4.79 Å². The van der Waals surface area contributed by atoms with Crippen molar-refractivity contribution in [3.8, 4) is 0 Å². The summed E-state index contributed by atoms with van der Waals surface area (Å²) >= 11 is 1.45. The summed E-state index contributed by atoms with van der Waals surface area (Å²) in [5, 5.41) is 2.40. The van der Waals surface area contributed by atoms with Gasteiger partial charge < -0.3 is 4.98 Å². The summed E-state index contributed by atoms with van der Waals surface area (Å²) in [7, 11) is 0. The van der Waals surface area contributed by atoms with Crippen molar-refractivity contribution in [3.05, 3.63) is 33.4 Å². The highest BCUT2D eigenvalue weighted by Crippen LogP contribution is 2.13. The molecule has 0 atom stereocenters. The molecule has 2 rings (SSSR count). The number of nitrogens with one attached hydrogen (secondary N) is 1. The molecule has 0 unspecified atom stereocenters. The fourth-order valence-corrected chi connectivity index (χ4v) is 1.81. The van der Waals surface area contributed by atoms with E-state index in [4.69, 9.17) is 0 Å². The zero-order valence-corrected chi connectivity index (χ0v) is 6.85. The van der Waals surface area contributed by atoms with Gasteiger partial charge in [-0.1, -0.05) is 0 Å². The SMILES string of the molecule is O=Cc1c[nH]c2sccc2c1=O. The Balaban J connectivity index is 2.96. The molecule has 0 aliphatic carbocycles. The number of thiophene rings is 1. The van der Waals surface area contributed by atoms with Crippen LogP contribution < -0.4 is 5.43 Å². The maximum absolute atomic E-state index is 11.4. The van der Waals surface area contributed by atoms with Crippen LogP contribution in [0.2, 0.25) is 0 Å². The standard InChI is InChI=1S/C8H5NO2S/c10-4-5-3-9-8-6(7(5)11)1-2-12-8/h1-4H,(H,9,11). The molecule has 0 fully saturated rings. The van der Waals surface area contributed by atoms with Crippen molar-refractivity contribution in [2.75, 3.05) is 0 Å². The van der Waals surface area contributed by atoms with E-state index in [1.165, 1.54) is 17.5 Å². The van der Waals surface area contributed by atoms with Crippen LogP contribution in [0.25, 0.3) is 10.2 Å². The Morgan fingerprint density at radius 3 is 3.08 bits per heavy atom. The minimum atomic E-state index is -0.194. The second-order valence-electron chi connectivity index (χ2n) is 2.35. The van der Waals surface area contributed by atoms with Crippen LogP contribution in [-0.2, 0) is 0 Å². The molecule has 0 saturated heterocycles. The molecule has 0 aromatic carbocycles. The van der Waals surface area contributed by atoms with Crippen molar-refractivity contribution in [3.63, 3.8) is 0 Å². The molecule has 2 aromatic heterocycles.